The first-order valence-electron chi connectivity index (χ1n) is 12.0. The van der Waals surface area contributed by atoms with Gasteiger partial charge in [0, 0.05) is 24.7 Å². The Morgan fingerprint density at radius 3 is 2.46 bits per heavy atom. The Morgan fingerprint density at radius 1 is 1.14 bits per heavy atom. The highest BCUT2D eigenvalue weighted by atomic mass is 19.4. The van der Waals surface area contributed by atoms with Gasteiger partial charge in [0.15, 0.2) is 12.4 Å². The molecule has 0 aromatic carbocycles. The third kappa shape index (κ3) is 4.01. The van der Waals surface area contributed by atoms with Crippen LogP contribution in [0.5, 0.6) is 0 Å². The summed E-state index contributed by atoms with van der Waals surface area (Å²) in [5.41, 5.74) is -2.87. The zero-order valence-electron chi connectivity index (χ0n) is 20.1. The molecule has 194 valence electrons. The molecule has 0 spiro atoms. The van der Waals surface area contributed by atoms with Gasteiger partial charge in [0.05, 0.1) is 0 Å². The summed E-state index contributed by atoms with van der Waals surface area (Å²) < 4.78 is 49.7. The Labute approximate surface area is 201 Å². The number of aliphatic hydroxyl groups is 1. The number of alkyl halides is 3. The predicted octanol–water partition coefficient (Wildman–Crippen LogP) is 3.47. The summed E-state index contributed by atoms with van der Waals surface area (Å²) in [6.45, 7) is 4.09. The zero-order valence-corrected chi connectivity index (χ0v) is 20.1. The Balaban J connectivity index is 1.75. The molecular formula is C25H31F3O7. The van der Waals surface area contributed by atoms with E-state index in [4.69, 9.17) is 9.47 Å². The molecule has 0 aliphatic heterocycles. The average molecular weight is 501 g/mol. The Morgan fingerprint density at radius 2 is 1.83 bits per heavy atom. The van der Waals surface area contributed by atoms with Gasteiger partial charge < -0.3 is 14.6 Å². The van der Waals surface area contributed by atoms with Crippen molar-refractivity contribution in [1.82, 2.24) is 0 Å². The van der Waals surface area contributed by atoms with Gasteiger partial charge in [-0.2, -0.15) is 13.2 Å². The first-order valence-corrected chi connectivity index (χ1v) is 12.0. The number of fused-ring (bicyclic) bond motifs is 5. The molecule has 0 amide bonds. The lowest BCUT2D eigenvalue weighted by molar-refractivity contribution is -0.226. The number of carbonyl (C=O) groups is 4. The third-order valence-corrected chi connectivity index (χ3v) is 9.38. The van der Waals surface area contributed by atoms with Gasteiger partial charge in [0.1, 0.15) is 11.7 Å². The molecule has 1 N–H and O–H groups in total. The number of esters is 2. The van der Waals surface area contributed by atoms with E-state index in [9.17, 15) is 37.5 Å². The van der Waals surface area contributed by atoms with E-state index in [1.54, 1.807) is 13.0 Å². The van der Waals surface area contributed by atoms with Gasteiger partial charge in [-0.3, -0.25) is 14.4 Å². The van der Waals surface area contributed by atoms with Gasteiger partial charge in [-0.25, -0.2) is 4.79 Å². The van der Waals surface area contributed by atoms with Crippen molar-refractivity contribution >= 4 is 23.5 Å². The van der Waals surface area contributed by atoms with Crippen LogP contribution < -0.4 is 0 Å². The Hall–Kier alpha value is -2.23. The standard InChI is InChI=1S/C25H31F3O7/c1-13(29)34-12-19(31)24(33)9-7-17-16-5-4-14-10-15(30)6-8-22(14,2)20(16)18(11-23(17,24)3)35-21(32)25(26,27)28/h10,16-18,20,33H,4-9,11-12H2,1-3H3. The Bertz CT molecular complexity index is 988. The van der Waals surface area contributed by atoms with E-state index < -0.39 is 59.0 Å². The predicted molar refractivity (Wildman–Crippen MR) is 115 cm³/mol. The first-order chi connectivity index (χ1) is 16.1. The monoisotopic (exact) mass is 500 g/mol. The fourth-order valence-electron chi connectivity index (χ4n) is 7.72. The van der Waals surface area contributed by atoms with Crippen molar-refractivity contribution in [1.29, 1.82) is 0 Å². The van der Waals surface area contributed by atoms with Crippen LogP contribution in [-0.2, 0) is 28.7 Å². The fraction of sp³-hybridized carbons (Fsp3) is 0.760. The van der Waals surface area contributed by atoms with E-state index in [1.807, 2.05) is 6.92 Å². The van der Waals surface area contributed by atoms with E-state index in [2.05, 4.69) is 0 Å². The summed E-state index contributed by atoms with van der Waals surface area (Å²) in [4.78, 5) is 48.4. The molecule has 4 rings (SSSR count). The van der Waals surface area contributed by atoms with Crippen LogP contribution in [0.3, 0.4) is 0 Å². The van der Waals surface area contributed by atoms with Gasteiger partial charge >= 0.3 is 18.1 Å². The molecule has 0 aromatic rings. The minimum Gasteiger partial charge on any atom is -0.458 e. The van der Waals surface area contributed by atoms with Crippen LogP contribution in [-0.4, -0.2) is 53.1 Å². The molecular weight excluding hydrogens is 469 g/mol. The number of hydrogen-bond donors (Lipinski definition) is 1. The quantitative estimate of drug-likeness (QED) is 0.589. The molecule has 0 aromatic heterocycles. The molecule has 0 heterocycles. The number of allylic oxidation sites excluding steroid dienone is 1. The molecule has 3 fully saturated rings. The van der Waals surface area contributed by atoms with Gasteiger partial charge in [-0.1, -0.05) is 19.4 Å². The second-order valence-electron chi connectivity index (χ2n) is 11.1. The summed E-state index contributed by atoms with van der Waals surface area (Å²) in [5.74, 6) is -4.63. The third-order valence-electron chi connectivity index (χ3n) is 9.38. The van der Waals surface area contributed by atoms with Crippen LogP contribution in [0.2, 0.25) is 0 Å². The van der Waals surface area contributed by atoms with Gasteiger partial charge in [0.25, 0.3) is 0 Å². The largest absolute Gasteiger partial charge is 0.490 e. The molecule has 0 bridgehead atoms. The summed E-state index contributed by atoms with van der Waals surface area (Å²) >= 11 is 0. The highest BCUT2D eigenvalue weighted by Crippen LogP contribution is 2.68. The summed E-state index contributed by atoms with van der Waals surface area (Å²) in [6, 6.07) is 0. The van der Waals surface area contributed by atoms with E-state index in [-0.39, 0.29) is 36.9 Å². The van der Waals surface area contributed by atoms with Crippen LogP contribution in [0, 0.1) is 28.6 Å². The number of carbonyl (C=O) groups excluding carboxylic acids is 4. The van der Waals surface area contributed by atoms with Gasteiger partial charge in [-0.05, 0) is 61.9 Å². The highest BCUT2D eigenvalue weighted by Gasteiger charge is 2.69. The van der Waals surface area contributed by atoms with Crippen molar-refractivity contribution in [2.24, 2.45) is 28.6 Å². The van der Waals surface area contributed by atoms with Gasteiger partial charge in [-0.15, -0.1) is 0 Å². The lowest BCUT2D eigenvalue weighted by Crippen LogP contribution is -2.63. The van der Waals surface area contributed by atoms with E-state index in [0.717, 1.165) is 12.5 Å². The number of rotatable bonds is 4. The summed E-state index contributed by atoms with van der Waals surface area (Å²) in [6.07, 6.45) is -2.57. The van der Waals surface area contributed by atoms with Crippen molar-refractivity contribution in [2.75, 3.05) is 6.61 Å². The molecule has 35 heavy (non-hydrogen) atoms. The number of Topliss-reactive ketones (excluding diaryl/α,β-unsaturated/α-hetero) is 1. The van der Waals surface area contributed by atoms with E-state index >= 15 is 0 Å². The van der Waals surface area contributed by atoms with Crippen molar-refractivity contribution in [3.8, 4) is 0 Å². The van der Waals surface area contributed by atoms with Crippen LogP contribution in [0.15, 0.2) is 11.6 Å². The lowest BCUT2D eigenvalue weighted by atomic mass is 9.45. The Kier molecular flexibility index (Phi) is 6.22. The molecule has 7 atom stereocenters. The van der Waals surface area contributed by atoms with E-state index in [0.29, 0.717) is 25.7 Å². The van der Waals surface area contributed by atoms with E-state index in [1.165, 1.54) is 0 Å². The number of halogens is 3. The van der Waals surface area contributed by atoms with Crippen LogP contribution in [0.25, 0.3) is 0 Å². The van der Waals surface area contributed by atoms with Crippen molar-refractivity contribution in [2.45, 2.75) is 83.6 Å². The SMILES string of the molecule is CC(=O)OCC(=O)C1(O)CCC2C3CCC4=CC(=O)CCC4(C)C3C(OC(=O)C(F)(F)F)CC21C. The summed E-state index contributed by atoms with van der Waals surface area (Å²) in [7, 11) is 0. The van der Waals surface area contributed by atoms with Crippen LogP contribution >= 0.6 is 0 Å². The van der Waals surface area contributed by atoms with Gasteiger partial charge in [0.2, 0.25) is 5.78 Å². The van der Waals surface area contributed by atoms with Crippen molar-refractivity contribution in [3.63, 3.8) is 0 Å². The fourth-order valence-corrected chi connectivity index (χ4v) is 7.72. The number of hydrogen-bond acceptors (Lipinski definition) is 7. The lowest BCUT2D eigenvalue weighted by Gasteiger charge is -2.60. The molecule has 4 aliphatic rings. The second-order valence-corrected chi connectivity index (χ2v) is 11.1. The van der Waals surface area contributed by atoms with Crippen LogP contribution in [0.4, 0.5) is 13.2 Å². The zero-order chi connectivity index (χ0) is 26.0. The first kappa shape index (κ1) is 25.9. The average Bonchev–Trinajstić information content (AvgIpc) is 3.03. The topological polar surface area (TPSA) is 107 Å². The minimum atomic E-state index is -5.19. The molecule has 0 saturated heterocycles. The number of ketones is 2. The highest BCUT2D eigenvalue weighted by molar-refractivity contribution is 5.92. The maximum atomic E-state index is 13.2. The smallest absolute Gasteiger partial charge is 0.458 e. The van der Waals surface area contributed by atoms with Crippen molar-refractivity contribution in [3.05, 3.63) is 11.6 Å². The minimum absolute atomic E-state index is 0.0216. The normalized spacial score (nSPS) is 40.7. The number of ether oxygens (including phenoxy) is 2. The molecule has 0 radical (unpaired) electrons. The summed E-state index contributed by atoms with van der Waals surface area (Å²) in [5, 5.41) is 11.6. The second kappa shape index (κ2) is 8.42. The molecule has 7 nitrogen and oxygen atoms in total. The molecule has 7 unspecified atom stereocenters. The maximum Gasteiger partial charge on any atom is 0.490 e. The molecule has 10 heteroatoms. The molecule has 3 saturated carbocycles. The van der Waals surface area contributed by atoms with Crippen LogP contribution in [0.1, 0.15) is 65.7 Å². The van der Waals surface area contributed by atoms with Crippen molar-refractivity contribution < 1.29 is 46.9 Å². The maximum absolute atomic E-state index is 13.2. The molecule has 4 aliphatic carbocycles.